The van der Waals surface area contributed by atoms with Crippen LogP contribution in [-0.2, 0) is 6.54 Å². The highest BCUT2D eigenvalue weighted by molar-refractivity contribution is 14.0. The molecule has 0 unspecified atom stereocenters. The molecule has 0 atom stereocenters. The fraction of sp³-hybridized carbons (Fsp3) is 0.200. The minimum atomic E-state index is -0.431. The molecule has 0 aliphatic carbocycles. The number of carbonyl (C=O) groups excluding carboxylic acids is 1. The topological polar surface area (TPSA) is 79.5 Å². The molecule has 0 radical (unpaired) electrons. The molecule has 0 aliphatic heterocycles. The predicted molar refractivity (Wildman–Crippen MR) is 138 cm³/mol. The molecule has 3 aromatic carbocycles. The zero-order chi connectivity index (χ0) is 21.2. The van der Waals surface area contributed by atoms with Crippen LogP contribution in [0, 0.1) is 0 Å². The Kier molecular flexibility index (Phi) is 10.0. The van der Waals surface area contributed by atoms with Crippen LogP contribution in [0.3, 0.4) is 0 Å². The van der Waals surface area contributed by atoms with Crippen LogP contribution in [0.4, 0.5) is 0 Å². The highest BCUT2D eigenvalue weighted by Crippen LogP contribution is 2.23. The Morgan fingerprint density at radius 2 is 1.52 bits per heavy atom. The Hall–Kier alpha value is -2.87. The summed E-state index contributed by atoms with van der Waals surface area (Å²) in [6.07, 6.45) is 0. The minimum absolute atomic E-state index is 0. The number of benzene rings is 3. The Balaban J connectivity index is 0.00000341. The quantitative estimate of drug-likeness (QED) is 0.232. The first kappa shape index (κ1) is 24.4. The molecular weight excluding hydrogens is 499 g/mol. The van der Waals surface area contributed by atoms with E-state index in [9.17, 15) is 4.79 Å². The smallest absolute Gasteiger partial charge is 0.248 e. The molecule has 0 bridgehead atoms. The zero-order valence-electron chi connectivity index (χ0n) is 17.6. The van der Waals surface area contributed by atoms with Crippen molar-refractivity contribution in [3.05, 3.63) is 107 Å². The van der Waals surface area contributed by atoms with Crippen molar-refractivity contribution >= 4 is 35.8 Å². The molecule has 162 valence electrons. The number of hydrogen-bond donors (Lipinski definition) is 3. The van der Waals surface area contributed by atoms with Crippen LogP contribution in [0.15, 0.2) is 89.9 Å². The average Bonchev–Trinajstić information content (AvgIpc) is 2.79. The van der Waals surface area contributed by atoms with Gasteiger partial charge in [-0.15, -0.1) is 24.0 Å². The van der Waals surface area contributed by atoms with Gasteiger partial charge < -0.3 is 16.4 Å². The van der Waals surface area contributed by atoms with E-state index in [1.807, 2.05) is 31.2 Å². The number of hydrogen-bond acceptors (Lipinski definition) is 2. The lowest BCUT2D eigenvalue weighted by Crippen LogP contribution is -2.39. The van der Waals surface area contributed by atoms with Crippen LogP contribution in [0.5, 0.6) is 0 Å². The number of nitrogens with two attached hydrogens (primary N) is 1. The van der Waals surface area contributed by atoms with E-state index >= 15 is 0 Å². The van der Waals surface area contributed by atoms with Crippen molar-refractivity contribution in [2.75, 3.05) is 13.1 Å². The average molecular weight is 528 g/mol. The molecule has 0 heterocycles. The van der Waals surface area contributed by atoms with E-state index < -0.39 is 5.91 Å². The molecule has 1 amide bonds. The Morgan fingerprint density at radius 1 is 0.903 bits per heavy atom. The number of halogens is 1. The van der Waals surface area contributed by atoms with Crippen molar-refractivity contribution < 1.29 is 4.79 Å². The highest BCUT2D eigenvalue weighted by Gasteiger charge is 2.14. The summed E-state index contributed by atoms with van der Waals surface area (Å²) in [5, 5.41) is 6.77. The molecule has 0 aliphatic rings. The Morgan fingerprint density at radius 3 is 2.06 bits per heavy atom. The van der Waals surface area contributed by atoms with Gasteiger partial charge in [0.1, 0.15) is 0 Å². The lowest BCUT2D eigenvalue weighted by molar-refractivity contribution is 0.1000. The molecule has 6 heteroatoms. The number of aliphatic imine (C=N–C) groups is 1. The van der Waals surface area contributed by atoms with E-state index in [4.69, 9.17) is 5.73 Å². The molecule has 3 rings (SSSR count). The van der Waals surface area contributed by atoms with Crippen molar-refractivity contribution in [1.82, 2.24) is 10.6 Å². The molecule has 31 heavy (non-hydrogen) atoms. The van der Waals surface area contributed by atoms with Crippen LogP contribution >= 0.6 is 24.0 Å². The van der Waals surface area contributed by atoms with Gasteiger partial charge in [-0.2, -0.15) is 0 Å². The SMILES string of the molecule is CCNC(=NCc1cccc(C(N)=O)c1)NCC(c1ccccc1)c1ccccc1.I. The number of primary amides is 1. The first-order valence-electron chi connectivity index (χ1n) is 10.2. The number of rotatable bonds is 8. The molecule has 0 spiro atoms. The van der Waals surface area contributed by atoms with Crippen LogP contribution in [0.2, 0.25) is 0 Å². The van der Waals surface area contributed by atoms with E-state index in [-0.39, 0.29) is 29.9 Å². The second-order valence-corrected chi connectivity index (χ2v) is 7.01. The number of nitrogens with one attached hydrogen (secondary N) is 2. The first-order chi connectivity index (χ1) is 14.7. The van der Waals surface area contributed by atoms with E-state index in [0.29, 0.717) is 18.7 Å². The minimum Gasteiger partial charge on any atom is -0.366 e. The predicted octanol–water partition coefficient (Wildman–Crippen LogP) is 4.29. The van der Waals surface area contributed by atoms with Crippen LogP contribution < -0.4 is 16.4 Å². The summed E-state index contributed by atoms with van der Waals surface area (Å²) < 4.78 is 0. The van der Waals surface area contributed by atoms with Gasteiger partial charge in [0.05, 0.1) is 6.54 Å². The van der Waals surface area contributed by atoms with Gasteiger partial charge in [-0.3, -0.25) is 4.79 Å². The largest absolute Gasteiger partial charge is 0.366 e. The summed E-state index contributed by atoms with van der Waals surface area (Å²) in [6.45, 7) is 3.96. The summed E-state index contributed by atoms with van der Waals surface area (Å²) in [5.41, 5.74) is 9.31. The summed E-state index contributed by atoms with van der Waals surface area (Å²) in [7, 11) is 0. The van der Waals surface area contributed by atoms with Crippen LogP contribution in [0.25, 0.3) is 0 Å². The third-order valence-electron chi connectivity index (χ3n) is 4.85. The maximum Gasteiger partial charge on any atom is 0.248 e. The summed E-state index contributed by atoms with van der Waals surface area (Å²) in [4.78, 5) is 16.1. The first-order valence-corrected chi connectivity index (χ1v) is 10.2. The molecule has 0 saturated heterocycles. The molecule has 4 N–H and O–H groups in total. The van der Waals surface area contributed by atoms with Gasteiger partial charge in [0.2, 0.25) is 5.91 Å². The van der Waals surface area contributed by atoms with Gasteiger partial charge in [0.15, 0.2) is 5.96 Å². The van der Waals surface area contributed by atoms with Gasteiger partial charge in [0, 0.05) is 24.6 Å². The van der Waals surface area contributed by atoms with Crippen molar-refractivity contribution in [2.24, 2.45) is 10.7 Å². The maximum absolute atomic E-state index is 11.4. The lowest BCUT2D eigenvalue weighted by Gasteiger charge is -2.20. The lowest BCUT2D eigenvalue weighted by atomic mass is 9.91. The summed E-state index contributed by atoms with van der Waals surface area (Å²) >= 11 is 0. The van der Waals surface area contributed by atoms with Gasteiger partial charge in [-0.05, 0) is 35.7 Å². The molecule has 5 nitrogen and oxygen atoms in total. The molecule has 0 fully saturated rings. The van der Waals surface area contributed by atoms with Crippen molar-refractivity contribution in [1.29, 1.82) is 0 Å². The van der Waals surface area contributed by atoms with Crippen LogP contribution in [-0.4, -0.2) is 25.0 Å². The summed E-state index contributed by atoms with van der Waals surface area (Å²) in [5.74, 6) is 0.507. The third kappa shape index (κ3) is 7.40. The Labute approximate surface area is 201 Å². The molecule has 0 aromatic heterocycles. The number of nitrogens with zero attached hydrogens (tertiary/aromatic N) is 1. The fourth-order valence-corrected chi connectivity index (χ4v) is 3.33. The van der Waals surface area contributed by atoms with Crippen molar-refractivity contribution in [2.45, 2.75) is 19.4 Å². The van der Waals surface area contributed by atoms with Crippen molar-refractivity contribution in [3.63, 3.8) is 0 Å². The molecule has 3 aromatic rings. The van der Waals surface area contributed by atoms with E-state index in [1.54, 1.807) is 12.1 Å². The van der Waals surface area contributed by atoms with E-state index in [1.165, 1.54) is 11.1 Å². The standard InChI is InChI=1S/C25H28N4O.HI/c1-2-27-25(28-17-19-10-9-15-22(16-19)24(26)30)29-18-23(20-11-5-3-6-12-20)21-13-7-4-8-14-21;/h3-16,23H,2,17-18H2,1H3,(H2,26,30)(H2,27,28,29);1H. The third-order valence-corrected chi connectivity index (χ3v) is 4.85. The van der Waals surface area contributed by atoms with E-state index in [2.05, 4.69) is 64.2 Å². The molecular formula is C25H29IN4O. The van der Waals surface area contributed by atoms with Gasteiger partial charge in [-0.1, -0.05) is 72.8 Å². The monoisotopic (exact) mass is 528 g/mol. The molecule has 0 saturated carbocycles. The maximum atomic E-state index is 11.4. The van der Waals surface area contributed by atoms with Gasteiger partial charge in [0.25, 0.3) is 0 Å². The Bertz CT molecular complexity index is 938. The highest BCUT2D eigenvalue weighted by atomic mass is 127. The number of amides is 1. The van der Waals surface area contributed by atoms with Gasteiger partial charge >= 0.3 is 0 Å². The number of carbonyl (C=O) groups is 1. The van der Waals surface area contributed by atoms with Crippen molar-refractivity contribution in [3.8, 4) is 0 Å². The zero-order valence-corrected chi connectivity index (χ0v) is 20.0. The van der Waals surface area contributed by atoms with Gasteiger partial charge in [-0.25, -0.2) is 4.99 Å². The van der Waals surface area contributed by atoms with E-state index in [0.717, 1.165) is 18.1 Å². The number of guanidine groups is 1. The van der Waals surface area contributed by atoms with Crippen LogP contribution in [0.1, 0.15) is 39.9 Å². The normalized spacial score (nSPS) is 11.0. The fourth-order valence-electron chi connectivity index (χ4n) is 3.33. The summed E-state index contributed by atoms with van der Waals surface area (Å²) in [6, 6.07) is 28.2. The second-order valence-electron chi connectivity index (χ2n) is 7.01. The second kappa shape index (κ2) is 12.7.